The second kappa shape index (κ2) is 12.0. The Labute approximate surface area is 231 Å². The van der Waals surface area contributed by atoms with E-state index < -0.39 is 5.97 Å². The average Bonchev–Trinajstić information content (AvgIpc) is 3.15. The molecule has 1 aromatic carbocycles. The van der Waals surface area contributed by atoms with Crippen molar-refractivity contribution in [3.63, 3.8) is 0 Å². The normalized spacial score (nSPS) is 15.3. The lowest BCUT2D eigenvalue weighted by Crippen LogP contribution is -2.34. The molecule has 2 N–H and O–H groups in total. The van der Waals surface area contributed by atoms with Crippen molar-refractivity contribution >= 4 is 61.5 Å². The highest BCUT2D eigenvalue weighted by Gasteiger charge is 2.34. The van der Waals surface area contributed by atoms with Crippen LogP contribution in [0.4, 0.5) is 5.00 Å². The van der Waals surface area contributed by atoms with E-state index in [-0.39, 0.29) is 16.4 Å². The van der Waals surface area contributed by atoms with Gasteiger partial charge in [-0.05, 0) is 78.9 Å². The predicted octanol–water partition coefficient (Wildman–Crippen LogP) is 7.00. The maximum atomic E-state index is 13.1. The number of anilines is 1. The number of carbonyl (C=O) groups is 2. The van der Waals surface area contributed by atoms with Crippen molar-refractivity contribution in [3.05, 3.63) is 44.2 Å². The van der Waals surface area contributed by atoms with E-state index in [1.165, 1.54) is 23.3 Å². The summed E-state index contributed by atoms with van der Waals surface area (Å²) in [5, 5.41) is 6.56. The molecule has 1 unspecified atom stereocenters. The van der Waals surface area contributed by atoms with Crippen LogP contribution in [0.1, 0.15) is 78.6 Å². The number of rotatable bonds is 7. The van der Waals surface area contributed by atoms with Gasteiger partial charge in [-0.25, -0.2) is 4.79 Å². The van der Waals surface area contributed by atoms with E-state index in [1.54, 1.807) is 12.1 Å². The van der Waals surface area contributed by atoms with Crippen LogP contribution in [0.25, 0.3) is 0 Å². The molecule has 0 fully saturated rings. The van der Waals surface area contributed by atoms with Gasteiger partial charge < -0.3 is 14.8 Å². The average molecular weight is 596 g/mol. The number of fused-ring (bicyclic) bond motifs is 1. The van der Waals surface area contributed by atoms with Gasteiger partial charge in [0.2, 0.25) is 0 Å². The zero-order chi connectivity index (χ0) is 26.6. The maximum absolute atomic E-state index is 13.1. The molecule has 9 heteroatoms. The predicted molar refractivity (Wildman–Crippen MR) is 153 cm³/mol. The van der Waals surface area contributed by atoms with Crippen molar-refractivity contribution in [2.75, 3.05) is 19.0 Å². The molecular formula is C27H35BrN2O4S2. The standard InChI is InChI=1S/C27H35BrN2O4S2/c1-15(2)11-12-34-20-10-8-17(28)14-19(20)23(31)29-26(35)30-24-22(25(32)33-6)18-9-7-16(27(3,4)5)13-21(18)36-24/h8,10,14-16H,7,9,11-13H2,1-6H3,(H2,29,30,31,35). The Hall–Kier alpha value is -1.97. The zero-order valence-electron chi connectivity index (χ0n) is 21.7. The fourth-order valence-electron chi connectivity index (χ4n) is 4.25. The van der Waals surface area contributed by atoms with E-state index in [1.807, 2.05) is 6.07 Å². The number of thiophene rings is 1. The lowest BCUT2D eigenvalue weighted by atomic mass is 9.72. The van der Waals surface area contributed by atoms with Gasteiger partial charge in [-0.15, -0.1) is 11.3 Å². The third-order valence-corrected chi connectivity index (χ3v) is 8.34. The molecule has 1 aliphatic rings. The van der Waals surface area contributed by atoms with E-state index in [9.17, 15) is 9.59 Å². The number of hydrogen-bond acceptors (Lipinski definition) is 6. The fraction of sp³-hybridized carbons (Fsp3) is 0.519. The van der Waals surface area contributed by atoms with Crippen molar-refractivity contribution in [3.8, 4) is 5.75 Å². The zero-order valence-corrected chi connectivity index (χ0v) is 25.0. The van der Waals surface area contributed by atoms with Gasteiger partial charge in [0.1, 0.15) is 10.8 Å². The fourth-order valence-corrected chi connectivity index (χ4v) is 6.19. The molecule has 36 heavy (non-hydrogen) atoms. The molecule has 1 aromatic heterocycles. The molecule has 0 saturated carbocycles. The molecule has 3 rings (SSSR count). The highest BCUT2D eigenvalue weighted by atomic mass is 79.9. The van der Waals surface area contributed by atoms with Crippen LogP contribution in [0.3, 0.4) is 0 Å². The van der Waals surface area contributed by atoms with Gasteiger partial charge in [-0.2, -0.15) is 0 Å². The van der Waals surface area contributed by atoms with E-state index in [0.717, 1.165) is 35.7 Å². The SMILES string of the molecule is COC(=O)c1c(NC(=S)NC(=O)c2cc(Br)ccc2OCCC(C)C)sc2c1CCC(C(C)(C)C)C2. The molecule has 6 nitrogen and oxygen atoms in total. The van der Waals surface area contributed by atoms with Gasteiger partial charge in [-0.1, -0.05) is 50.5 Å². The summed E-state index contributed by atoms with van der Waals surface area (Å²) in [5.74, 6) is 0.732. The maximum Gasteiger partial charge on any atom is 0.341 e. The van der Waals surface area contributed by atoms with Crippen LogP contribution in [-0.2, 0) is 17.6 Å². The summed E-state index contributed by atoms with van der Waals surface area (Å²) in [7, 11) is 1.38. The summed E-state index contributed by atoms with van der Waals surface area (Å²) in [6.07, 6.45) is 3.62. The topological polar surface area (TPSA) is 76.7 Å². The second-order valence-electron chi connectivity index (χ2n) is 10.6. The minimum Gasteiger partial charge on any atom is -0.493 e. The van der Waals surface area contributed by atoms with Gasteiger partial charge in [0.25, 0.3) is 5.91 Å². The Bertz CT molecular complexity index is 1140. The third-order valence-electron chi connectivity index (χ3n) is 6.47. The minimum absolute atomic E-state index is 0.115. The molecule has 0 bridgehead atoms. The van der Waals surface area contributed by atoms with Crippen molar-refractivity contribution < 1.29 is 19.1 Å². The molecule has 0 radical (unpaired) electrons. The van der Waals surface area contributed by atoms with Crippen LogP contribution in [0, 0.1) is 17.3 Å². The van der Waals surface area contributed by atoms with Crippen LogP contribution < -0.4 is 15.4 Å². The number of hydrogen-bond donors (Lipinski definition) is 2. The number of carbonyl (C=O) groups excluding carboxylic acids is 2. The molecular weight excluding hydrogens is 560 g/mol. The molecule has 196 valence electrons. The van der Waals surface area contributed by atoms with Crippen LogP contribution in [0.15, 0.2) is 22.7 Å². The Morgan fingerprint density at radius 1 is 1.28 bits per heavy atom. The number of benzene rings is 1. The quantitative estimate of drug-likeness (QED) is 0.265. The number of halogens is 1. The summed E-state index contributed by atoms with van der Waals surface area (Å²) >= 11 is 10.4. The van der Waals surface area contributed by atoms with Crippen molar-refractivity contribution in [1.82, 2.24) is 5.32 Å². The van der Waals surface area contributed by atoms with Gasteiger partial charge >= 0.3 is 5.97 Å². The Morgan fingerprint density at radius 3 is 2.64 bits per heavy atom. The summed E-state index contributed by atoms with van der Waals surface area (Å²) < 4.78 is 11.7. The van der Waals surface area contributed by atoms with Gasteiger partial charge in [0.05, 0.1) is 24.8 Å². The molecule has 1 heterocycles. The Morgan fingerprint density at radius 2 is 2.00 bits per heavy atom. The minimum atomic E-state index is -0.397. The summed E-state index contributed by atoms with van der Waals surface area (Å²) in [5.41, 5.74) is 2.10. The lowest BCUT2D eigenvalue weighted by Gasteiger charge is -2.33. The van der Waals surface area contributed by atoms with Crippen LogP contribution in [-0.4, -0.2) is 30.7 Å². The summed E-state index contributed by atoms with van der Waals surface area (Å²) in [6.45, 7) is 11.5. The number of thiocarbonyl (C=S) groups is 1. The molecule has 0 aliphatic heterocycles. The third kappa shape index (κ3) is 7.07. The first-order valence-electron chi connectivity index (χ1n) is 12.2. The second-order valence-corrected chi connectivity index (χ2v) is 13.0. The highest BCUT2D eigenvalue weighted by Crippen LogP contribution is 2.44. The van der Waals surface area contributed by atoms with Crippen LogP contribution in [0.2, 0.25) is 0 Å². The van der Waals surface area contributed by atoms with E-state index in [2.05, 4.69) is 61.2 Å². The largest absolute Gasteiger partial charge is 0.493 e. The van der Waals surface area contributed by atoms with Crippen molar-refractivity contribution in [2.24, 2.45) is 17.3 Å². The number of ether oxygens (including phenoxy) is 2. The first-order chi connectivity index (χ1) is 16.9. The molecule has 2 aromatic rings. The highest BCUT2D eigenvalue weighted by molar-refractivity contribution is 9.10. The summed E-state index contributed by atoms with van der Waals surface area (Å²) in [6, 6.07) is 5.31. The molecule has 0 saturated heterocycles. The van der Waals surface area contributed by atoms with Crippen molar-refractivity contribution in [2.45, 2.75) is 60.3 Å². The summed E-state index contributed by atoms with van der Waals surface area (Å²) in [4.78, 5) is 27.0. The lowest BCUT2D eigenvalue weighted by molar-refractivity contribution is 0.0600. The van der Waals surface area contributed by atoms with Crippen molar-refractivity contribution in [1.29, 1.82) is 0 Å². The number of methoxy groups -OCH3 is 1. The van der Waals surface area contributed by atoms with Gasteiger partial charge in [0, 0.05) is 9.35 Å². The molecule has 1 amide bonds. The van der Waals surface area contributed by atoms with Crippen LogP contribution >= 0.6 is 39.5 Å². The molecule has 0 spiro atoms. The van der Waals surface area contributed by atoms with E-state index in [0.29, 0.717) is 40.3 Å². The number of amides is 1. The first-order valence-corrected chi connectivity index (χ1v) is 14.2. The Balaban J connectivity index is 1.78. The smallest absolute Gasteiger partial charge is 0.341 e. The van der Waals surface area contributed by atoms with E-state index >= 15 is 0 Å². The monoisotopic (exact) mass is 594 g/mol. The molecule has 1 atom stereocenters. The first kappa shape index (κ1) is 28.6. The Kier molecular flexibility index (Phi) is 9.57. The van der Waals surface area contributed by atoms with Gasteiger partial charge in [-0.3, -0.25) is 10.1 Å². The van der Waals surface area contributed by atoms with Crippen LogP contribution in [0.5, 0.6) is 5.75 Å². The number of esters is 1. The number of nitrogens with one attached hydrogen (secondary N) is 2. The van der Waals surface area contributed by atoms with Gasteiger partial charge in [0.15, 0.2) is 5.11 Å². The van der Waals surface area contributed by atoms with E-state index in [4.69, 9.17) is 21.7 Å². The molecule has 1 aliphatic carbocycles.